The number of nitrogens with zero attached hydrogens (tertiary/aromatic N) is 3. The third-order valence-electron chi connectivity index (χ3n) is 6.65. The van der Waals surface area contributed by atoms with Gasteiger partial charge in [-0.2, -0.15) is 0 Å². The first-order valence-electron chi connectivity index (χ1n) is 11.7. The van der Waals surface area contributed by atoms with E-state index in [4.69, 9.17) is 17.2 Å². The van der Waals surface area contributed by atoms with Gasteiger partial charge < -0.3 is 14.8 Å². The number of hydrogen-bond acceptors (Lipinski definition) is 2. The molecule has 0 unspecified atom stereocenters. The molecule has 0 bridgehead atoms. The molecule has 0 aliphatic carbocycles. The molecule has 172 valence electrons. The van der Waals surface area contributed by atoms with Crippen molar-refractivity contribution < 1.29 is 0 Å². The monoisotopic (exact) mass is 466 g/mol. The van der Waals surface area contributed by atoms with Crippen LogP contribution in [0, 0.1) is 27.7 Å². The summed E-state index contributed by atoms with van der Waals surface area (Å²) >= 11 is 5.88. The Labute approximate surface area is 207 Å². The summed E-state index contributed by atoms with van der Waals surface area (Å²) in [5, 5.41) is 4.35. The second kappa shape index (κ2) is 9.07. The number of hydrogen-bond donors (Lipinski definition) is 1. The minimum Gasteiger partial charge on any atom is -0.352 e. The maximum Gasteiger partial charge on any atom is 0.170 e. The summed E-state index contributed by atoms with van der Waals surface area (Å²) in [6.07, 6.45) is 1.86. The molecule has 2 aromatic carbocycles. The molecule has 1 aliphatic heterocycles. The third kappa shape index (κ3) is 4.12. The molecular formula is C29H30N4S. The topological polar surface area (TPSA) is 33.1 Å². The Kier molecular flexibility index (Phi) is 5.96. The maximum atomic E-state index is 5.88. The van der Waals surface area contributed by atoms with Gasteiger partial charge >= 0.3 is 0 Å². The Bertz CT molecular complexity index is 1310. The van der Waals surface area contributed by atoms with Crippen molar-refractivity contribution in [1.82, 2.24) is 19.8 Å². The van der Waals surface area contributed by atoms with Gasteiger partial charge in [0.05, 0.1) is 17.8 Å². The number of pyridine rings is 1. The molecule has 2 atom stereocenters. The molecule has 1 aliphatic rings. The maximum absolute atomic E-state index is 5.88. The van der Waals surface area contributed by atoms with Crippen molar-refractivity contribution in [1.29, 1.82) is 0 Å². The van der Waals surface area contributed by atoms with Crippen LogP contribution < -0.4 is 5.32 Å². The first kappa shape index (κ1) is 22.4. The molecule has 34 heavy (non-hydrogen) atoms. The van der Waals surface area contributed by atoms with Crippen molar-refractivity contribution >= 4 is 17.3 Å². The summed E-state index contributed by atoms with van der Waals surface area (Å²) in [6.45, 7) is 9.46. The van der Waals surface area contributed by atoms with Crippen LogP contribution in [0.2, 0.25) is 0 Å². The molecule has 0 spiro atoms. The average molecular weight is 467 g/mol. The minimum atomic E-state index is -0.0226. The van der Waals surface area contributed by atoms with E-state index in [1.807, 2.05) is 18.3 Å². The molecule has 0 radical (unpaired) electrons. The summed E-state index contributed by atoms with van der Waals surface area (Å²) in [5.41, 5.74) is 9.71. The Morgan fingerprint density at radius 1 is 0.882 bits per heavy atom. The van der Waals surface area contributed by atoms with Gasteiger partial charge in [0.15, 0.2) is 5.11 Å². The molecule has 5 rings (SSSR count). The smallest absolute Gasteiger partial charge is 0.170 e. The van der Waals surface area contributed by atoms with E-state index in [0.717, 1.165) is 17.4 Å². The summed E-state index contributed by atoms with van der Waals surface area (Å²) in [6, 6.07) is 25.7. The fourth-order valence-corrected chi connectivity index (χ4v) is 5.56. The summed E-state index contributed by atoms with van der Waals surface area (Å²) in [7, 11) is 0. The minimum absolute atomic E-state index is 0.0226. The van der Waals surface area contributed by atoms with Crippen LogP contribution in [0.25, 0.3) is 5.69 Å². The largest absolute Gasteiger partial charge is 0.352 e. The van der Waals surface area contributed by atoms with Crippen molar-refractivity contribution in [2.45, 2.75) is 46.3 Å². The molecule has 1 fully saturated rings. The second-order valence-electron chi connectivity index (χ2n) is 9.25. The number of aromatic nitrogens is 2. The van der Waals surface area contributed by atoms with E-state index in [2.05, 4.69) is 103 Å². The highest BCUT2D eigenvalue weighted by atomic mass is 32.1. The van der Waals surface area contributed by atoms with Gasteiger partial charge in [-0.1, -0.05) is 42.5 Å². The predicted molar refractivity (Wildman–Crippen MR) is 142 cm³/mol. The molecule has 5 heteroatoms. The number of aryl methyl sites for hydroxylation is 3. The van der Waals surface area contributed by atoms with Gasteiger partial charge in [-0.3, -0.25) is 4.98 Å². The van der Waals surface area contributed by atoms with Crippen molar-refractivity contribution in [3.05, 3.63) is 118 Å². The molecule has 1 saturated heterocycles. The highest BCUT2D eigenvalue weighted by Crippen LogP contribution is 2.42. The van der Waals surface area contributed by atoms with Crippen molar-refractivity contribution in [3.8, 4) is 5.69 Å². The zero-order valence-electron chi connectivity index (χ0n) is 20.1. The number of benzene rings is 2. The lowest BCUT2D eigenvalue weighted by Gasteiger charge is -2.28. The summed E-state index contributed by atoms with van der Waals surface area (Å²) in [4.78, 5) is 7.01. The van der Waals surface area contributed by atoms with Gasteiger partial charge in [0, 0.05) is 29.8 Å². The third-order valence-corrected chi connectivity index (χ3v) is 7.00. The van der Waals surface area contributed by atoms with Gasteiger partial charge in [-0.25, -0.2) is 0 Å². The highest BCUT2D eigenvalue weighted by Gasteiger charge is 2.41. The highest BCUT2D eigenvalue weighted by molar-refractivity contribution is 7.80. The normalized spacial score (nSPS) is 17.8. The van der Waals surface area contributed by atoms with E-state index < -0.39 is 0 Å². The van der Waals surface area contributed by atoms with Crippen LogP contribution in [-0.2, 0) is 6.54 Å². The number of rotatable bonds is 5. The van der Waals surface area contributed by atoms with Crippen LogP contribution >= 0.6 is 12.2 Å². The molecule has 2 aromatic heterocycles. The molecule has 0 amide bonds. The van der Waals surface area contributed by atoms with Crippen molar-refractivity contribution in [3.63, 3.8) is 0 Å². The molecule has 4 nitrogen and oxygen atoms in total. The summed E-state index contributed by atoms with van der Waals surface area (Å²) in [5.74, 6) is 0. The van der Waals surface area contributed by atoms with E-state index in [0.29, 0.717) is 0 Å². The summed E-state index contributed by atoms with van der Waals surface area (Å²) < 4.78 is 2.37. The lowest BCUT2D eigenvalue weighted by molar-refractivity contribution is 0.310. The van der Waals surface area contributed by atoms with Crippen LogP contribution in [-0.4, -0.2) is 19.6 Å². The van der Waals surface area contributed by atoms with E-state index in [1.165, 1.54) is 39.3 Å². The molecule has 0 saturated carbocycles. The van der Waals surface area contributed by atoms with Gasteiger partial charge in [-0.05, 0) is 92.5 Å². The van der Waals surface area contributed by atoms with E-state index in [1.54, 1.807) is 0 Å². The second-order valence-corrected chi connectivity index (χ2v) is 9.63. The fourth-order valence-electron chi connectivity index (χ4n) is 5.26. The predicted octanol–water partition coefficient (Wildman–Crippen LogP) is 6.28. The van der Waals surface area contributed by atoms with Gasteiger partial charge in [0.2, 0.25) is 0 Å². The Balaban J connectivity index is 1.63. The van der Waals surface area contributed by atoms with Gasteiger partial charge in [-0.15, -0.1) is 0 Å². The Morgan fingerprint density at radius 2 is 1.59 bits per heavy atom. The average Bonchev–Trinajstić information content (AvgIpc) is 3.29. The van der Waals surface area contributed by atoms with Crippen molar-refractivity contribution in [2.75, 3.05) is 0 Å². The van der Waals surface area contributed by atoms with Crippen LogP contribution in [0.3, 0.4) is 0 Å². The lowest BCUT2D eigenvalue weighted by atomic mass is 9.96. The zero-order valence-corrected chi connectivity index (χ0v) is 20.9. The Morgan fingerprint density at radius 3 is 2.26 bits per heavy atom. The van der Waals surface area contributed by atoms with E-state index >= 15 is 0 Å². The molecule has 3 heterocycles. The molecular weight excluding hydrogens is 436 g/mol. The van der Waals surface area contributed by atoms with Gasteiger partial charge in [0.25, 0.3) is 0 Å². The Hall–Kier alpha value is -3.44. The first-order valence-corrected chi connectivity index (χ1v) is 12.1. The first-order chi connectivity index (χ1) is 16.4. The van der Waals surface area contributed by atoms with Crippen molar-refractivity contribution in [2.24, 2.45) is 0 Å². The standard InChI is InChI=1S/C29H30N4S/c1-19-14-20(2)16-24(15-19)33-21(3)17-25(22(33)4)28-27(26-12-8-9-13-30-26)31-29(34)32(28)18-23-10-6-5-7-11-23/h5-17,27-28H,18H2,1-4H3,(H,31,34)/t27-,28-/m1/s1. The van der Waals surface area contributed by atoms with Crippen LogP contribution in [0.15, 0.2) is 79.0 Å². The molecule has 1 N–H and O–H groups in total. The van der Waals surface area contributed by atoms with Gasteiger partial charge in [0.1, 0.15) is 0 Å². The quantitative estimate of drug-likeness (QED) is 0.351. The van der Waals surface area contributed by atoms with Crippen LogP contribution in [0.5, 0.6) is 0 Å². The van der Waals surface area contributed by atoms with Crippen LogP contribution in [0.4, 0.5) is 0 Å². The zero-order chi connectivity index (χ0) is 23.8. The number of thiocarbonyl (C=S) groups is 1. The lowest BCUT2D eigenvalue weighted by Crippen LogP contribution is -2.29. The molecule has 4 aromatic rings. The van der Waals surface area contributed by atoms with Crippen LogP contribution in [0.1, 0.15) is 51.4 Å². The SMILES string of the molecule is Cc1cc(C)cc(-n2c(C)cc([C@@H]3[C@@H](c4ccccn4)NC(=S)N3Cc3ccccc3)c2C)c1. The van der Waals surface area contributed by atoms with E-state index in [-0.39, 0.29) is 12.1 Å². The fraction of sp³-hybridized carbons (Fsp3) is 0.241. The number of nitrogens with one attached hydrogen (secondary N) is 1. The van der Waals surface area contributed by atoms with E-state index in [9.17, 15) is 0 Å².